The van der Waals surface area contributed by atoms with Crippen LogP contribution in [0, 0.1) is 0 Å². The van der Waals surface area contributed by atoms with Crippen LogP contribution in [0.3, 0.4) is 0 Å². The average Bonchev–Trinajstić information content (AvgIpc) is 3.42. The number of aromatic hydroxyl groups is 1. The topological polar surface area (TPSA) is 61.3 Å². The molecule has 0 aliphatic carbocycles. The van der Waals surface area contributed by atoms with E-state index in [1.54, 1.807) is 41.1 Å². The van der Waals surface area contributed by atoms with Gasteiger partial charge >= 0.3 is 0 Å². The predicted molar refractivity (Wildman–Crippen MR) is 117 cm³/mol. The Hall–Kier alpha value is -2.48. The number of likely N-dealkylation sites (tertiary alicyclic amines) is 1. The van der Waals surface area contributed by atoms with Gasteiger partial charge in [0.05, 0.1) is 10.2 Å². The highest BCUT2D eigenvalue weighted by Crippen LogP contribution is 2.39. The van der Waals surface area contributed by atoms with Gasteiger partial charge in [-0.1, -0.05) is 6.07 Å². The standard InChI is InChI=1S/C21H20N4OS2/c26-16-5-3-4-15(9-16)24-21-20-17(22-13-23-21)10-19(28-20)18-8-14(12-27-18)11-25-6-1-2-7-25/h3-5,8-10,12-13,26H,1-2,6-7,11H2,(H,22,23,24). The van der Waals surface area contributed by atoms with Crippen LogP contribution < -0.4 is 5.32 Å². The van der Waals surface area contributed by atoms with E-state index < -0.39 is 0 Å². The Morgan fingerprint density at radius 2 is 1.96 bits per heavy atom. The number of benzene rings is 1. The van der Waals surface area contributed by atoms with Gasteiger partial charge in [-0.05, 0) is 61.1 Å². The summed E-state index contributed by atoms with van der Waals surface area (Å²) in [6.07, 6.45) is 4.22. The summed E-state index contributed by atoms with van der Waals surface area (Å²) < 4.78 is 1.02. The molecule has 4 aromatic rings. The first kappa shape index (κ1) is 17.6. The molecule has 0 saturated carbocycles. The van der Waals surface area contributed by atoms with E-state index in [1.165, 1.54) is 41.2 Å². The van der Waals surface area contributed by atoms with Gasteiger partial charge in [0.1, 0.15) is 12.1 Å². The Labute approximate surface area is 171 Å². The maximum atomic E-state index is 9.69. The largest absolute Gasteiger partial charge is 0.508 e. The van der Waals surface area contributed by atoms with Gasteiger partial charge in [-0.3, -0.25) is 4.90 Å². The minimum atomic E-state index is 0.228. The molecule has 1 saturated heterocycles. The summed E-state index contributed by atoms with van der Waals surface area (Å²) in [5, 5.41) is 15.3. The Morgan fingerprint density at radius 3 is 2.82 bits per heavy atom. The van der Waals surface area contributed by atoms with Gasteiger partial charge in [0.15, 0.2) is 5.82 Å². The molecule has 0 amide bonds. The second-order valence-electron chi connectivity index (χ2n) is 7.03. The molecule has 142 valence electrons. The summed E-state index contributed by atoms with van der Waals surface area (Å²) >= 11 is 3.50. The van der Waals surface area contributed by atoms with Crippen LogP contribution in [-0.4, -0.2) is 33.1 Å². The zero-order valence-corrected chi connectivity index (χ0v) is 16.9. The fraction of sp³-hybridized carbons (Fsp3) is 0.238. The van der Waals surface area contributed by atoms with Crippen LogP contribution in [0.2, 0.25) is 0 Å². The van der Waals surface area contributed by atoms with Gasteiger partial charge < -0.3 is 10.4 Å². The zero-order valence-electron chi connectivity index (χ0n) is 15.3. The third kappa shape index (κ3) is 3.61. The lowest BCUT2D eigenvalue weighted by Crippen LogP contribution is -2.17. The van der Waals surface area contributed by atoms with Crippen LogP contribution in [0.15, 0.2) is 48.1 Å². The van der Waals surface area contributed by atoms with Crippen molar-refractivity contribution < 1.29 is 5.11 Å². The van der Waals surface area contributed by atoms with Gasteiger partial charge in [-0.2, -0.15) is 0 Å². The summed E-state index contributed by atoms with van der Waals surface area (Å²) in [6, 6.07) is 11.5. The molecule has 0 radical (unpaired) electrons. The summed E-state index contributed by atoms with van der Waals surface area (Å²) in [4.78, 5) is 13.9. The first-order chi connectivity index (χ1) is 13.7. The minimum absolute atomic E-state index is 0.228. The van der Waals surface area contributed by atoms with Crippen LogP contribution in [0.1, 0.15) is 18.4 Å². The Morgan fingerprint density at radius 1 is 1.07 bits per heavy atom. The molecule has 2 N–H and O–H groups in total. The third-order valence-electron chi connectivity index (χ3n) is 4.92. The molecular weight excluding hydrogens is 388 g/mol. The smallest absolute Gasteiger partial charge is 0.151 e. The third-order valence-corrected chi connectivity index (χ3v) is 7.23. The van der Waals surface area contributed by atoms with Crippen molar-refractivity contribution in [3.63, 3.8) is 0 Å². The van der Waals surface area contributed by atoms with E-state index >= 15 is 0 Å². The molecule has 3 aromatic heterocycles. The van der Waals surface area contributed by atoms with Crippen molar-refractivity contribution in [1.29, 1.82) is 0 Å². The number of rotatable bonds is 5. The highest BCUT2D eigenvalue weighted by molar-refractivity contribution is 7.26. The molecule has 5 rings (SSSR count). The second-order valence-corrected chi connectivity index (χ2v) is 8.99. The van der Waals surface area contributed by atoms with E-state index in [2.05, 4.69) is 37.7 Å². The number of hydrogen-bond acceptors (Lipinski definition) is 7. The van der Waals surface area contributed by atoms with Crippen LogP contribution in [-0.2, 0) is 6.54 Å². The van der Waals surface area contributed by atoms with Crippen LogP contribution in [0.25, 0.3) is 20.0 Å². The summed E-state index contributed by atoms with van der Waals surface area (Å²) in [5.41, 5.74) is 3.13. The van der Waals surface area contributed by atoms with Crippen molar-refractivity contribution in [2.75, 3.05) is 18.4 Å². The lowest BCUT2D eigenvalue weighted by Gasteiger charge is -2.12. The maximum absolute atomic E-state index is 9.69. The molecule has 1 aliphatic rings. The summed E-state index contributed by atoms with van der Waals surface area (Å²) in [6.45, 7) is 3.48. The van der Waals surface area contributed by atoms with Crippen molar-refractivity contribution in [1.82, 2.24) is 14.9 Å². The zero-order chi connectivity index (χ0) is 18.9. The van der Waals surface area contributed by atoms with Crippen molar-refractivity contribution in [3.8, 4) is 15.5 Å². The molecular formula is C21H20N4OS2. The monoisotopic (exact) mass is 408 g/mol. The van der Waals surface area contributed by atoms with E-state index in [1.807, 2.05) is 12.1 Å². The van der Waals surface area contributed by atoms with Crippen molar-refractivity contribution >= 4 is 44.4 Å². The predicted octanol–water partition coefficient (Wildman–Crippen LogP) is 5.46. The van der Waals surface area contributed by atoms with E-state index in [0.29, 0.717) is 0 Å². The fourth-order valence-electron chi connectivity index (χ4n) is 3.57. The normalized spacial score (nSPS) is 14.7. The first-order valence-electron chi connectivity index (χ1n) is 9.35. The minimum Gasteiger partial charge on any atom is -0.508 e. The van der Waals surface area contributed by atoms with E-state index in [0.717, 1.165) is 28.3 Å². The van der Waals surface area contributed by atoms with E-state index in [4.69, 9.17) is 0 Å². The molecule has 0 unspecified atom stereocenters. The molecule has 4 heterocycles. The van der Waals surface area contributed by atoms with Crippen molar-refractivity contribution in [2.45, 2.75) is 19.4 Å². The SMILES string of the molecule is Oc1cccc(Nc2ncnc3cc(-c4cc(CN5CCCC5)cs4)sc23)c1. The van der Waals surface area contributed by atoms with Gasteiger partial charge in [-0.25, -0.2) is 9.97 Å². The highest BCUT2D eigenvalue weighted by Gasteiger charge is 2.15. The molecule has 1 aromatic carbocycles. The Kier molecular flexibility index (Phi) is 4.72. The summed E-state index contributed by atoms with van der Waals surface area (Å²) in [5.74, 6) is 0.993. The van der Waals surface area contributed by atoms with E-state index in [-0.39, 0.29) is 5.75 Å². The first-order valence-corrected chi connectivity index (χ1v) is 11.0. The van der Waals surface area contributed by atoms with Crippen LogP contribution in [0.4, 0.5) is 11.5 Å². The Balaban J connectivity index is 1.43. The van der Waals surface area contributed by atoms with Gasteiger partial charge in [0.25, 0.3) is 0 Å². The second kappa shape index (κ2) is 7.50. The average molecular weight is 409 g/mol. The van der Waals surface area contributed by atoms with E-state index in [9.17, 15) is 5.11 Å². The van der Waals surface area contributed by atoms with Crippen LogP contribution in [0.5, 0.6) is 5.75 Å². The highest BCUT2D eigenvalue weighted by atomic mass is 32.1. The number of thiophene rings is 2. The summed E-state index contributed by atoms with van der Waals surface area (Å²) in [7, 11) is 0. The van der Waals surface area contributed by atoms with Crippen molar-refractivity contribution in [3.05, 3.63) is 53.7 Å². The number of nitrogens with one attached hydrogen (secondary N) is 1. The molecule has 0 atom stereocenters. The number of hydrogen-bond donors (Lipinski definition) is 2. The lowest BCUT2D eigenvalue weighted by atomic mass is 10.2. The number of nitrogens with zero attached hydrogens (tertiary/aromatic N) is 3. The molecule has 7 heteroatoms. The fourth-order valence-corrected chi connectivity index (χ4v) is 5.62. The lowest BCUT2D eigenvalue weighted by molar-refractivity contribution is 0.332. The number of phenolic OH excluding ortho intramolecular Hbond substituents is 1. The molecule has 1 aliphatic heterocycles. The maximum Gasteiger partial charge on any atom is 0.151 e. The van der Waals surface area contributed by atoms with Gasteiger partial charge in [0, 0.05) is 28.1 Å². The molecule has 0 spiro atoms. The number of phenols is 1. The Bertz CT molecular complexity index is 1110. The number of fused-ring (bicyclic) bond motifs is 1. The van der Waals surface area contributed by atoms with Gasteiger partial charge in [0.2, 0.25) is 0 Å². The molecule has 1 fully saturated rings. The van der Waals surface area contributed by atoms with Crippen molar-refractivity contribution in [2.24, 2.45) is 0 Å². The molecule has 0 bridgehead atoms. The van der Waals surface area contributed by atoms with Crippen LogP contribution >= 0.6 is 22.7 Å². The number of aromatic nitrogens is 2. The van der Waals surface area contributed by atoms with Gasteiger partial charge in [-0.15, -0.1) is 22.7 Å². The quantitative estimate of drug-likeness (QED) is 0.459. The number of anilines is 2. The molecule has 5 nitrogen and oxygen atoms in total. The molecule has 28 heavy (non-hydrogen) atoms.